The molecular weight excluding hydrogens is 248 g/mol. The Kier molecular flexibility index (Phi) is 3.68. The second-order valence-electron chi connectivity index (χ2n) is 5.12. The van der Waals surface area contributed by atoms with Gasteiger partial charge in [0.2, 0.25) is 0 Å². The van der Waals surface area contributed by atoms with Gasteiger partial charge >= 0.3 is 0 Å². The minimum atomic E-state index is 0.173. The summed E-state index contributed by atoms with van der Waals surface area (Å²) in [5, 5.41) is 23.0. The standard InChI is InChI=1S/C18H18O2/c19-9-7-13-1-3-15-5-6-16-4-2-14(8-10-20)12-18(16)17(15)11-13/h1-6,11-12,19-20H,7-10H2. The molecule has 0 aliphatic rings. The summed E-state index contributed by atoms with van der Waals surface area (Å²) in [6.07, 6.45) is 1.37. The van der Waals surface area contributed by atoms with Gasteiger partial charge in [-0.25, -0.2) is 0 Å². The average molecular weight is 266 g/mol. The van der Waals surface area contributed by atoms with Crippen molar-refractivity contribution in [1.29, 1.82) is 0 Å². The molecule has 0 aromatic heterocycles. The van der Waals surface area contributed by atoms with Gasteiger partial charge in [0.15, 0.2) is 0 Å². The summed E-state index contributed by atoms with van der Waals surface area (Å²) in [4.78, 5) is 0. The van der Waals surface area contributed by atoms with E-state index in [1.807, 2.05) is 0 Å². The van der Waals surface area contributed by atoms with Gasteiger partial charge in [-0.1, -0.05) is 48.5 Å². The summed E-state index contributed by atoms with van der Waals surface area (Å²) in [5.74, 6) is 0. The predicted molar refractivity (Wildman–Crippen MR) is 83.0 cm³/mol. The van der Waals surface area contributed by atoms with Crippen LogP contribution >= 0.6 is 0 Å². The lowest BCUT2D eigenvalue weighted by Gasteiger charge is -2.08. The van der Waals surface area contributed by atoms with E-state index in [2.05, 4.69) is 48.5 Å². The SMILES string of the molecule is OCCc1ccc2ccc3ccc(CCO)cc3c2c1. The van der Waals surface area contributed by atoms with Crippen LogP contribution in [0.3, 0.4) is 0 Å². The van der Waals surface area contributed by atoms with E-state index in [1.165, 1.54) is 21.5 Å². The van der Waals surface area contributed by atoms with Crippen LogP contribution in [0.2, 0.25) is 0 Å². The monoisotopic (exact) mass is 266 g/mol. The van der Waals surface area contributed by atoms with Crippen LogP contribution < -0.4 is 0 Å². The van der Waals surface area contributed by atoms with E-state index in [0.29, 0.717) is 12.8 Å². The molecule has 0 atom stereocenters. The zero-order valence-electron chi connectivity index (χ0n) is 11.3. The molecular formula is C18H18O2. The molecule has 0 aliphatic heterocycles. The largest absolute Gasteiger partial charge is 0.396 e. The molecule has 3 aromatic rings. The number of benzene rings is 3. The van der Waals surface area contributed by atoms with Crippen molar-refractivity contribution in [2.45, 2.75) is 12.8 Å². The molecule has 0 unspecified atom stereocenters. The van der Waals surface area contributed by atoms with E-state index in [9.17, 15) is 0 Å². The Labute approximate surface area is 118 Å². The van der Waals surface area contributed by atoms with Gasteiger partial charge in [-0.05, 0) is 45.5 Å². The minimum Gasteiger partial charge on any atom is -0.396 e. The molecule has 0 saturated heterocycles. The lowest BCUT2D eigenvalue weighted by Crippen LogP contribution is -1.92. The highest BCUT2D eigenvalue weighted by atomic mass is 16.3. The van der Waals surface area contributed by atoms with Gasteiger partial charge in [0.05, 0.1) is 0 Å². The van der Waals surface area contributed by atoms with Crippen molar-refractivity contribution in [3.05, 3.63) is 59.7 Å². The van der Waals surface area contributed by atoms with Gasteiger partial charge in [0, 0.05) is 13.2 Å². The van der Waals surface area contributed by atoms with E-state index in [0.717, 1.165) is 11.1 Å². The third kappa shape index (κ3) is 2.40. The maximum atomic E-state index is 9.09. The van der Waals surface area contributed by atoms with Gasteiger partial charge in [0.25, 0.3) is 0 Å². The minimum absolute atomic E-state index is 0.173. The van der Waals surface area contributed by atoms with E-state index in [4.69, 9.17) is 10.2 Å². The Hall–Kier alpha value is -1.90. The van der Waals surface area contributed by atoms with Crippen LogP contribution in [0.25, 0.3) is 21.5 Å². The Morgan fingerprint density at radius 3 is 1.40 bits per heavy atom. The molecule has 0 bridgehead atoms. The molecule has 0 spiro atoms. The fourth-order valence-electron chi connectivity index (χ4n) is 2.71. The van der Waals surface area contributed by atoms with Gasteiger partial charge in [-0.3, -0.25) is 0 Å². The predicted octanol–water partition coefficient (Wildman–Crippen LogP) is 3.06. The average Bonchev–Trinajstić information content (AvgIpc) is 2.48. The number of rotatable bonds is 4. The quantitative estimate of drug-likeness (QED) is 0.712. The van der Waals surface area contributed by atoms with Crippen LogP contribution in [0.15, 0.2) is 48.5 Å². The Balaban J connectivity index is 2.24. The summed E-state index contributed by atoms with van der Waals surface area (Å²) in [7, 11) is 0. The van der Waals surface area contributed by atoms with E-state index in [-0.39, 0.29) is 13.2 Å². The molecule has 3 aromatic carbocycles. The first-order valence-corrected chi connectivity index (χ1v) is 6.98. The van der Waals surface area contributed by atoms with Crippen LogP contribution in [-0.2, 0) is 12.8 Å². The summed E-state index contributed by atoms with van der Waals surface area (Å²) < 4.78 is 0. The van der Waals surface area contributed by atoms with Crippen molar-refractivity contribution in [3.63, 3.8) is 0 Å². The highest BCUT2D eigenvalue weighted by Crippen LogP contribution is 2.27. The Bertz CT molecular complexity index is 682. The molecule has 0 radical (unpaired) electrons. The molecule has 102 valence electrons. The van der Waals surface area contributed by atoms with Crippen molar-refractivity contribution in [2.75, 3.05) is 13.2 Å². The van der Waals surface area contributed by atoms with Crippen molar-refractivity contribution < 1.29 is 10.2 Å². The van der Waals surface area contributed by atoms with Crippen molar-refractivity contribution in [1.82, 2.24) is 0 Å². The first kappa shape index (κ1) is 13.1. The molecule has 0 aliphatic carbocycles. The first-order chi connectivity index (χ1) is 9.81. The van der Waals surface area contributed by atoms with Crippen LogP contribution in [0.1, 0.15) is 11.1 Å². The molecule has 0 amide bonds. The molecule has 3 rings (SSSR count). The van der Waals surface area contributed by atoms with Crippen molar-refractivity contribution in [3.8, 4) is 0 Å². The van der Waals surface area contributed by atoms with Gasteiger partial charge < -0.3 is 10.2 Å². The van der Waals surface area contributed by atoms with Crippen molar-refractivity contribution in [2.24, 2.45) is 0 Å². The summed E-state index contributed by atoms with van der Waals surface area (Å²) in [6.45, 7) is 0.345. The van der Waals surface area contributed by atoms with Crippen LogP contribution in [0.4, 0.5) is 0 Å². The van der Waals surface area contributed by atoms with Crippen LogP contribution in [0.5, 0.6) is 0 Å². The highest BCUT2D eigenvalue weighted by molar-refractivity contribution is 6.07. The van der Waals surface area contributed by atoms with E-state index >= 15 is 0 Å². The molecule has 2 nitrogen and oxygen atoms in total. The van der Waals surface area contributed by atoms with Gasteiger partial charge in [0.1, 0.15) is 0 Å². The lowest BCUT2D eigenvalue weighted by molar-refractivity contribution is 0.299. The zero-order valence-corrected chi connectivity index (χ0v) is 11.3. The molecule has 2 N–H and O–H groups in total. The number of aliphatic hydroxyl groups excluding tert-OH is 2. The summed E-state index contributed by atoms with van der Waals surface area (Å²) >= 11 is 0. The Morgan fingerprint density at radius 1 is 0.600 bits per heavy atom. The summed E-state index contributed by atoms with van der Waals surface area (Å²) in [6, 6.07) is 17.0. The smallest absolute Gasteiger partial charge is 0.0471 e. The van der Waals surface area contributed by atoms with Crippen LogP contribution in [-0.4, -0.2) is 23.4 Å². The summed E-state index contributed by atoms with van der Waals surface area (Å²) in [5.41, 5.74) is 2.31. The van der Waals surface area contributed by atoms with E-state index < -0.39 is 0 Å². The van der Waals surface area contributed by atoms with Crippen LogP contribution in [0, 0.1) is 0 Å². The van der Waals surface area contributed by atoms with E-state index in [1.54, 1.807) is 0 Å². The maximum absolute atomic E-state index is 9.09. The molecule has 2 heteroatoms. The molecule has 0 fully saturated rings. The molecule has 0 saturated carbocycles. The second-order valence-corrected chi connectivity index (χ2v) is 5.12. The number of hydrogen-bond donors (Lipinski definition) is 2. The topological polar surface area (TPSA) is 40.5 Å². The second kappa shape index (κ2) is 5.61. The third-order valence-electron chi connectivity index (χ3n) is 3.77. The first-order valence-electron chi connectivity index (χ1n) is 6.98. The molecule has 20 heavy (non-hydrogen) atoms. The molecule has 0 heterocycles. The van der Waals surface area contributed by atoms with Gasteiger partial charge in [-0.15, -0.1) is 0 Å². The maximum Gasteiger partial charge on any atom is 0.0471 e. The van der Waals surface area contributed by atoms with Crippen molar-refractivity contribution >= 4 is 21.5 Å². The highest BCUT2D eigenvalue weighted by Gasteiger charge is 2.03. The fourth-order valence-corrected chi connectivity index (χ4v) is 2.71. The normalized spacial score (nSPS) is 11.3. The number of aliphatic hydroxyl groups is 2. The fraction of sp³-hybridized carbons (Fsp3) is 0.222. The lowest BCUT2D eigenvalue weighted by atomic mass is 9.97. The van der Waals surface area contributed by atoms with Gasteiger partial charge in [-0.2, -0.15) is 0 Å². The zero-order chi connectivity index (χ0) is 13.9. The number of hydrogen-bond acceptors (Lipinski definition) is 2. The number of fused-ring (bicyclic) bond motifs is 3. The Morgan fingerprint density at radius 2 is 1.00 bits per heavy atom. The third-order valence-corrected chi connectivity index (χ3v) is 3.77.